The number of benzene rings is 2. The lowest BCUT2D eigenvalue weighted by Crippen LogP contribution is -2.55. The highest BCUT2D eigenvalue weighted by atomic mass is 79.9. The number of amides is 2. The number of halogens is 2. The fourth-order valence-electron chi connectivity index (χ4n) is 4.37. The number of hydrogen-bond donors (Lipinski definition) is 1. The fourth-order valence-corrected chi connectivity index (χ4v) is 4.80. The largest absolute Gasteiger partial charge is 0.322 e. The maximum atomic E-state index is 13.1. The molecule has 0 saturated carbocycles. The van der Waals surface area contributed by atoms with Crippen LogP contribution in [0.5, 0.6) is 0 Å². The van der Waals surface area contributed by atoms with Crippen molar-refractivity contribution in [2.45, 2.75) is 39.4 Å². The molecule has 1 N–H and O–H groups in total. The number of nitrogens with one attached hydrogen (secondary N) is 1. The molecule has 2 atom stereocenters. The molecule has 174 valence electrons. The van der Waals surface area contributed by atoms with E-state index >= 15 is 0 Å². The van der Waals surface area contributed by atoms with Crippen molar-refractivity contribution in [3.63, 3.8) is 0 Å². The zero-order valence-corrected chi connectivity index (χ0v) is 21.2. The second kappa shape index (κ2) is 9.83. The van der Waals surface area contributed by atoms with Crippen LogP contribution in [0.2, 0.25) is 5.02 Å². The van der Waals surface area contributed by atoms with E-state index in [1.807, 2.05) is 43.0 Å². The normalized spacial score (nSPS) is 17.8. The summed E-state index contributed by atoms with van der Waals surface area (Å²) < 4.78 is 2.69. The molecule has 1 aliphatic rings. The summed E-state index contributed by atoms with van der Waals surface area (Å²) >= 11 is 9.51. The number of carbonyl (C=O) groups excluding carboxylic acids is 1. The number of urea groups is 1. The van der Waals surface area contributed by atoms with Gasteiger partial charge in [-0.3, -0.25) is 14.3 Å². The molecule has 0 bridgehead atoms. The molecule has 2 unspecified atom stereocenters. The second-order valence-electron chi connectivity index (χ2n) is 8.33. The first-order valence-corrected chi connectivity index (χ1v) is 12.2. The van der Waals surface area contributed by atoms with Gasteiger partial charge < -0.3 is 10.2 Å². The van der Waals surface area contributed by atoms with Gasteiger partial charge in [-0.2, -0.15) is 0 Å². The zero-order valence-electron chi connectivity index (χ0n) is 18.9. The molecule has 1 aliphatic heterocycles. The van der Waals surface area contributed by atoms with Gasteiger partial charge in [0.1, 0.15) is 5.82 Å². The standard InChI is InChI=1S/C24H27BrClN5O2/c1-4-30-22(28-21-10-7-18(26)13-20(21)23(30)32)16(3)29-11-12-31(15(2)14-29)24(33)27-19-8-5-17(25)6-9-19/h5-10,13,15-16H,4,11-12,14H2,1-3H3,(H,27,33). The predicted molar refractivity (Wildman–Crippen MR) is 136 cm³/mol. The van der Waals surface area contributed by atoms with Crippen molar-refractivity contribution in [1.82, 2.24) is 19.4 Å². The number of aromatic nitrogens is 2. The topological polar surface area (TPSA) is 70.5 Å². The summed E-state index contributed by atoms with van der Waals surface area (Å²) in [6.45, 7) is 8.56. The molecule has 0 aliphatic carbocycles. The van der Waals surface area contributed by atoms with Crippen LogP contribution >= 0.6 is 27.5 Å². The summed E-state index contributed by atoms with van der Waals surface area (Å²) in [6.07, 6.45) is 0. The molecule has 33 heavy (non-hydrogen) atoms. The van der Waals surface area contributed by atoms with Gasteiger partial charge in [0.25, 0.3) is 5.56 Å². The van der Waals surface area contributed by atoms with Gasteiger partial charge in [0, 0.05) is 47.4 Å². The number of anilines is 1. The monoisotopic (exact) mass is 531 g/mol. The number of rotatable bonds is 4. The van der Waals surface area contributed by atoms with Crippen LogP contribution in [-0.4, -0.2) is 51.1 Å². The summed E-state index contributed by atoms with van der Waals surface area (Å²) in [5, 5.41) is 4.03. The average molecular weight is 533 g/mol. The van der Waals surface area contributed by atoms with E-state index in [2.05, 4.69) is 33.1 Å². The third-order valence-electron chi connectivity index (χ3n) is 6.20. The Morgan fingerprint density at radius 1 is 1.24 bits per heavy atom. The Hall–Kier alpha value is -2.42. The molecule has 1 fully saturated rings. The van der Waals surface area contributed by atoms with E-state index < -0.39 is 0 Å². The van der Waals surface area contributed by atoms with Crippen molar-refractivity contribution >= 4 is 50.2 Å². The Bertz CT molecular complexity index is 1230. The molecule has 2 heterocycles. The number of piperazine rings is 1. The Morgan fingerprint density at radius 2 is 1.97 bits per heavy atom. The molecular formula is C24H27BrClN5O2. The van der Waals surface area contributed by atoms with E-state index in [0.717, 1.165) is 16.0 Å². The summed E-state index contributed by atoms with van der Waals surface area (Å²) in [5.41, 5.74) is 1.34. The Morgan fingerprint density at radius 3 is 2.64 bits per heavy atom. The van der Waals surface area contributed by atoms with E-state index in [-0.39, 0.29) is 23.7 Å². The van der Waals surface area contributed by atoms with Crippen LogP contribution < -0.4 is 10.9 Å². The third kappa shape index (κ3) is 4.93. The Kier molecular flexibility index (Phi) is 7.07. The third-order valence-corrected chi connectivity index (χ3v) is 6.96. The van der Waals surface area contributed by atoms with Gasteiger partial charge in [-0.25, -0.2) is 9.78 Å². The van der Waals surface area contributed by atoms with Crippen molar-refractivity contribution in [2.24, 2.45) is 0 Å². The minimum absolute atomic E-state index is 0.0118. The van der Waals surface area contributed by atoms with Crippen molar-refractivity contribution in [3.8, 4) is 0 Å². The first-order chi connectivity index (χ1) is 15.8. The SMILES string of the molecule is CCn1c(C(C)N2CCN(C(=O)Nc3ccc(Br)cc3)C(C)C2)nc2ccc(Cl)cc2c1=O. The van der Waals surface area contributed by atoms with Gasteiger partial charge >= 0.3 is 6.03 Å². The van der Waals surface area contributed by atoms with Gasteiger partial charge in [-0.15, -0.1) is 0 Å². The lowest BCUT2D eigenvalue weighted by Gasteiger charge is -2.42. The van der Waals surface area contributed by atoms with Gasteiger partial charge in [-0.05, 0) is 63.2 Å². The van der Waals surface area contributed by atoms with Gasteiger partial charge in [0.05, 0.1) is 16.9 Å². The molecule has 2 amide bonds. The van der Waals surface area contributed by atoms with Crippen LogP contribution in [0.3, 0.4) is 0 Å². The summed E-state index contributed by atoms with van der Waals surface area (Å²) in [4.78, 5) is 34.9. The van der Waals surface area contributed by atoms with E-state index in [1.165, 1.54) is 0 Å². The van der Waals surface area contributed by atoms with E-state index in [0.29, 0.717) is 42.1 Å². The molecule has 3 aromatic rings. The second-order valence-corrected chi connectivity index (χ2v) is 9.68. The van der Waals surface area contributed by atoms with Crippen LogP contribution in [0.1, 0.15) is 32.6 Å². The number of hydrogen-bond acceptors (Lipinski definition) is 4. The Labute approximate surface area is 206 Å². The van der Waals surface area contributed by atoms with E-state index in [1.54, 1.807) is 22.8 Å². The molecular weight excluding hydrogens is 506 g/mol. The highest BCUT2D eigenvalue weighted by Gasteiger charge is 2.31. The predicted octanol–water partition coefficient (Wildman–Crippen LogP) is 5.13. The lowest BCUT2D eigenvalue weighted by molar-refractivity contribution is 0.0793. The van der Waals surface area contributed by atoms with Crippen molar-refractivity contribution < 1.29 is 4.79 Å². The van der Waals surface area contributed by atoms with Crippen LogP contribution in [0.4, 0.5) is 10.5 Å². The molecule has 7 nitrogen and oxygen atoms in total. The van der Waals surface area contributed by atoms with Crippen LogP contribution in [0.15, 0.2) is 51.7 Å². The molecule has 1 saturated heterocycles. The minimum Gasteiger partial charge on any atom is -0.319 e. The number of nitrogens with zero attached hydrogens (tertiary/aromatic N) is 4. The highest BCUT2D eigenvalue weighted by Crippen LogP contribution is 2.25. The van der Waals surface area contributed by atoms with Crippen molar-refractivity contribution in [3.05, 3.63) is 68.1 Å². The molecule has 0 radical (unpaired) electrons. The van der Waals surface area contributed by atoms with E-state index in [9.17, 15) is 9.59 Å². The van der Waals surface area contributed by atoms with Gasteiger partial charge in [-0.1, -0.05) is 27.5 Å². The molecule has 2 aromatic carbocycles. The zero-order chi connectivity index (χ0) is 23.7. The first kappa shape index (κ1) is 23.7. The average Bonchev–Trinajstić information content (AvgIpc) is 2.80. The molecule has 0 spiro atoms. The maximum absolute atomic E-state index is 13.1. The lowest BCUT2D eigenvalue weighted by atomic mass is 10.1. The summed E-state index contributed by atoms with van der Waals surface area (Å²) in [5.74, 6) is 0.734. The molecule has 1 aromatic heterocycles. The molecule has 4 rings (SSSR count). The fraction of sp³-hybridized carbons (Fsp3) is 0.375. The van der Waals surface area contributed by atoms with Crippen molar-refractivity contribution in [1.29, 1.82) is 0 Å². The molecule has 9 heteroatoms. The number of carbonyl (C=O) groups is 1. The van der Waals surface area contributed by atoms with Gasteiger partial charge in [0.15, 0.2) is 0 Å². The van der Waals surface area contributed by atoms with Gasteiger partial charge in [0.2, 0.25) is 0 Å². The van der Waals surface area contributed by atoms with Crippen LogP contribution in [-0.2, 0) is 6.54 Å². The van der Waals surface area contributed by atoms with Crippen LogP contribution in [0.25, 0.3) is 10.9 Å². The number of fused-ring (bicyclic) bond motifs is 1. The quantitative estimate of drug-likeness (QED) is 0.506. The maximum Gasteiger partial charge on any atom is 0.322 e. The Balaban J connectivity index is 1.51. The van der Waals surface area contributed by atoms with Crippen molar-refractivity contribution in [2.75, 3.05) is 25.0 Å². The minimum atomic E-state index is -0.108. The van der Waals surface area contributed by atoms with Crippen LogP contribution in [0, 0.1) is 0 Å². The summed E-state index contributed by atoms with van der Waals surface area (Å²) in [7, 11) is 0. The smallest absolute Gasteiger partial charge is 0.319 e. The summed E-state index contributed by atoms with van der Waals surface area (Å²) in [6, 6.07) is 12.6. The highest BCUT2D eigenvalue weighted by molar-refractivity contribution is 9.10. The van der Waals surface area contributed by atoms with E-state index in [4.69, 9.17) is 16.6 Å². The first-order valence-electron chi connectivity index (χ1n) is 11.1.